The van der Waals surface area contributed by atoms with Crippen molar-refractivity contribution in [3.63, 3.8) is 0 Å². The molecular formula is C42H63Cl7O28. The molecule has 0 aromatic heterocycles. The topological polar surface area (TPSA) is 412 Å². The van der Waals surface area contributed by atoms with Crippen molar-refractivity contribution in [3.05, 3.63) is 0 Å². The molecule has 0 radical (unpaired) electrons. The highest BCUT2D eigenvalue weighted by Crippen LogP contribution is 2.40. The van der Waals surface area contributed by atoms with E-state index in [1.807, 2.05) is 0 Å². The van der Waals surface area contributed by atoms with Gasteiger partial charge in [-0.25, -0.2) is 0 Å². The van der Waals surface area contributed by atoms with Crippen LogP contribution in [0.4, 0.5) is 0 Å². The molecule has 0 spiro atoms. The molecule has 15 aliphatic heterocycles. The zero-order valence-electron chi connectivity index (χ0n) is 39.8. The van der Waals surface area contributed by atoms with Crippen LogP contribution < -0.4 is 0 Å². The Morgan fingerprint density at radius 1 is 0.169 bits per heavy atom. The molecule has 15 heterocycles. The van der Waals surface area contributed by atoms with Crippen LogP contribution in [0.5, 0.6) is 0 Å². The zero-order chi connectivity index (χ0) is 56.1. The number of hydrogen-bond donors (Lipinski definition) is 14. The van der Waals surface area contributed by atoms with Crippen LogP contribution in [0.2, 0.25) is 0 Å². The van der Waals surface area contributed by atoms with Gasteiger partial charge in [0.05, 0.1) is 41.2 Å². The molecule has 14 N–H and O–H groups in total. The minimum absolute atomic E-state index is 0.498. The number of rotatable bonds is 7. The Bertz CT molecular complexity index is 1490. The van der Waals surface area contributed by atoms with E-state index in [-0.39, 0.29) is 0 Å². The third-order valence-corrected chi connectivity index (χ3v) is 16.7. The fourth-order valence-electron chi connectivity index (χ4n) is 10.3. The van der Waals surface area contributed by atoms with Gasteiger partial charge in [-0.1, -0.05) is 0 Å². The first-order valence-electron chi connectivity index (χ1n) is 24.3. The van der Waals surface area contributed by atoms with Crippen molar-refractivity contribution in [2.75, 3.05) is 41.2 Å². The van der Waals surface area contributed by atoms with E-state index in [2.05, 4.69) is 0 Å². The van der Waals surface area contributed by atoms with Gasteiger partial charge in [0.15, 0.2) is 44.0 Å². The summed E-state index contributed by atoms with van der Waals surface area (Å²) < 4.78 is 82.2. The molecule has 0 aromatic rings. The second kappa shape index (κ2) is 27.5. The summed E-state index contributed by atoms with van der Waals surface area (Å²) in [4.78, 5) is 0. The van der Waals surface area contributed by atoms with Crippen molar-refractivity contribution in [1.82, 2.24) is 0 Å². The Kier molecular flexibility index (Phi) is 22.8. The lowest BCUT2D eigenvalue weighted by atomic mass is 9.95. The van der Waals surface area contributed by atoms with Gasteiger partial charge in [0, 0.05) is 0 Å². The third kappa shape index (κ3) is 12.9. The van der Waals surface area contributed by atoms with Crippen LogP contribution in [0.3, 0.4) is 0 Å². The number of aliphatic hydroxyl groups excluding tert-OH is 14. The van der Waals surface area contributed by atoms with E-state index in [0.29, 0.717) is 0 Å². The first kappa shape index (κ1) is 63.9. The predicted octanol–water partition coefficient (Wildman–Crippen LogP) is -6.51. The highest BCUT2D eigenvalue weighted by Gasteiger charge is 2.59. The summed E-state index contributed by atoms with van der Waals surface area (Å²) in [6, 6.07) is 0. The molecule has 15 aliphatic rings. The van der Waals surface area contributed by atoms with E-state index >= 15 is 0 Å². The monoisotopic (exact) mass is 1260 g/mol. The summed E-state index contributed by atoms with van der Waals surface area (Å²) >= 11 is 43.7. The van der Waals surface area contributed by atoms with Gasteiger partial charge in [0.2, 0.25) is 0 Å². The van der Waals surface area contributed by atoms with Crippen LogP contribution in [0.1, 0.15) is 0 Å². The molecular weight excluding hydrogens is 1200 g/mol. The van der Waals surface area contributed by atoms with Crippen molar-refractivity contribution in [2.24, 2.45) is 0 Å². The van der Waals surface area contributed by atoms with Gasteiger partial charge in [-0.2, -0.15) is 0 Å². The summed E-state index contributed by atoms with van der Waals surface area (Å²) in [5.41, 5.74) is 0. The Labute approximate surface area is 472 Å². The SMILES string of the molecule is O[C@@H]1[C@H]2O[C@H]3[C@H](O)[C@@H](O)[C@@H](O[C@H]4[C@H](O)[C@@H](O)[C@@H](O[C@H]5[C@H](O)[C@@H](O)[C@@H](O[C@H]6[C@H](O)[C@@H](O)[C@@H](O[C@H]7[C@@H](O)[C@H](O)[C@@H](O[C@H]8[C@@H](O)[C@H](O)[C@@H](O[C@@H]([C@H]1O)[C@@H](CCl)O2)O[C@@H]8CCl)O[C@@H]7CCl)O[C@H]6CCl)O[C@H]5CCl)O[C@H]4CCl)O[C@@H]3CCl. The second-order valence-corrected chi connectivity index (χ2v) is 21.6. The zero-order valence-corrected chi connectivity index (χ0v) is 45.1. The Morgan fingerprint density at radius 3 is 0.364 bits per heavy atom. The molecule has 15 fully saturated rings. The molecule has 14 bridgehead atoms. The molecule has 0 aromatic carbocycles. The average Bonchev–Trinajstić information content (AvgIpc) is 3.42. The molecule has 77 heavy (non-hydrogen) atoms. The summed E-state index contributed by atoms with van der Waals surface area (Å²) in [5.74, 6) is -3.49. The fourth-order valence-corrected chi connectivity index (χ4v) is 12.0. The molecule has 35 heteroatoms. The maximum atomic E-state index is 11.4. The Morgan fingerprint density at radius 2 is 0.273 bits per heavy atom. The summed E-state index contributed by atoms with van der Waals surface area (Å²) in [6.07, 6.45) is -63.1. The quantitative estimate of drug-likeness (QED) is 0.105. The van der Waals surface area contributed by atoms with Gasteiger partial charge in [-0.15, -0.1) is 81.2 Å². The fraction of sp³-hybridized carbons (Fsp3) is 1.00. The number of aliphatic hydroxyl groups is 14. The van der Waals surface area contributed by atoms with Gasteiger partial charge < -0.3 is 138 Å². The molecule has 15 rings (SSSR count). The summed E-state index contributed by atoms with van der Waals surface area (Å²) in [6.45, 7) is 0. The van der Waals surface area contributed by atoms with Crippen LogP contribution in [0.15, 0.2) is 0 Å². The lowest BCUT2D eigenvalue weighted by Crippen LogP contribution is -2.68. The number of fused-ring (bicyclic) bond motifs is 7. The molecule has 15 saturated heterocycles. The number of alkyl halides is 7. The van der Waals surface area contributed by atoms with Crippen molar-refractivity contribution in [1.29, 1.82) is 0 Å². The van der Waals surface area contributed by atoms with Crippen LogP contribution >= 0.6 is 81.2 Å². The summed E-state index contributed by atoms with van der Waals surface area (Å²) in [5, 5.41) is 160. The molecule has 0 aliphatic carbocycles. The van der Waals surface area contributed by atoms with Crippen molar-refractivity contribution in [2.45, 2.75) is 215 Å². The molecule has 35 atom stereocenters. The highest BCUT2D eigenvalue weighted by atomic mass is 35.5. The van der Waals surface area contributed by atoms with Crippen LogP contribution in [0, 0.1) is 0 Å². The molecule has 448 valence electrons. The molecule has 28 nitrogen and oxygen atoms in total. The normalized spacial score (nSPS) is 55.4. The van der Waals surface area contributed by atoms with Gasteiger partial charge in [-0.3, -0.25) is 0 Å². The first-order chi connectivity index (χ1) is 36.7. The summed E-state index contributed by atoms with van der Waals surface area (Å²) in [7, 11) is 0. The highest BCUT2D eigenvalue weighted by molar-refractivity contribution is 6.19. The van der Waals surface area contributed by atoms with Crippen molar-refractivity contribution >= 4 is 81.2 Å². The molecule has 0 saturated carbocycles. The molecule has 0 amide bonds. The molecule has 0 unspecified atom stereocenters. The van der Waals surface area contributed by atoms with Crippen LogP contribution in [0.25, 0.3) is 0 Å². The van der Waals surface area contributed by atoms with E-state index in [0.717, 1.165) is 0 Å². The largest absolute Gasteiger partial charge is 0.387 e. The Hall–Kier alpha value is 0.910. The van der Waals surface area contributed by atoms with E-state index in [1.54, 1.807) is 0 Å². The maximum Gasteiger partial charge on any atom is 0.187 e. The van der Waals surface area contributed by atoms with Crippen molar-refractivity contribution in [3.8, 4) is 0 Å². The smallest absolute Gasteiger partial charge is 0.187 e. The van der Waals surface area contributed by atoms with Gasteiger partial charge in [0.1, 0.15) is 171 Å². The maximum absolute atomic E-state index is 11.4. The van der Waals surface area contributed by atoms with E-state index in [4.69, 9.17) is 148 Å². The van der Waals surface area contributed by atoms with Crippen LogP contribution in [-0.2, 0) is 66.3 Å². The number of hydrogen-bond acceptors (Lipinski definition) is 28. The van der Waals surface area contributed by atoms with Gasteiger partial charge in [0.25, 0.3) is 0 Å². The average molecular weight is 1260 g/mol. The Balaban J connectivity index is 1.08. The lowest BCUT2D eigenvalue weighted by molar-refractivity contribution is -0.389. The van der Waals surface area contributed by atoms with Crippen molar-refractivity contribution < 1.29 is 138 Å². The van der Waals surface area contributed by atoms with E-state index in [1.165, 1.54) is 0 Å². The standard InChI is InChI=1S/C42H63Cl7O28/c43-1-8-29-15(50)22(57)36(64-8)72-30-9(2-44)66-38(24(59)17(30)52)74-32-11(4-46)68-40(26(61)19(32)54)76-34-13(6-48)70-42(28(63)21(34)56)77-35-14(7-49)69-41(27(62)20(35)55)75-33-12(5-47)67-39(25(60)18(33)53)73-31-10(3-45)65-37(71-29)23(58)16(31)51/h8-42,50-63H,1-7H2/t8-,9-,10-,11-,12+,13+,14+,15+,16+,17+,18-,19-,20-,21-,22+,23+,24+,25-,26-,27-,28-,29-,30-,31-,32-,33-,34-,35-,36-,37-,38-,39-,40-,41-,42-/m1/s1. The number of ether oxygens (including phenoxy) is 14. The van der Waals surface area contributed by atoms with Crippen LogP contribution in [-0.4, -0.2) is 328 Å². The second-order valence-electron chi connectivity index (χ2n) is 19.5. The lowest BCUT2D eigenvalue weighted by Gasteiger charge is -2.50. The van der Waals surface area contributed by atoms with E-state index in [9.17, 15) is 71.5 Å². The minimum atomic E-state index is -2.06. The van der Waals surface area contributed by atoms with Gasteiger partial charge in [-0.05, 0) is 0 Å². The van der Waals surface area contributed by atoms with E-state index < -0.39 is 256 Å². The number of halogens is 7. The predicted molar refractivity (Wildman–Crippen MR) is 254 cm³/mol. The third-order valence-electron chi connectivity index (χ3n) is 14.6. The van der Waals surface area contributed by atoms with Gasteiger partial charge >= 0.3 is 0 Å². The first-order valence-corrected chi connectivity index (χ1v) is 28.0. The minimum Gasteiger partial charge on any atom is -0.387 e.